The summed E-state index contributed by atoms with van der Waals surface area (Å²) < 4.78 is 0. The molecular formula is C70H54N2. The first-order valence-corrected chi connectivity index (χ1v) is 25.8. The predicted molar refractivity (Wildman–Crippen MR) is 309 cm³/mol. The summed E-state index contributed by atoms with van der Waals surface area (Å²) >= 11 is 0. The van der Waals surface area contributed by atoms with Crippen LogP contribution in [0.1, 0.15) is 49.4 Å². The highest BCUT2D eigenvalue weighted by atomic mass is 15.2. The summed E-state index contributed by atoms with van der Waals surface area (Å²) in [5.41, 5.74) is 18.1. The lowest BCUT2D eigenvalue weighted by atomic mass is 9.82. The number of hydrogen-bond acceptors (Lipinski definition) is 2. The molecule has 0 spiro atoms. The summed E-state index contributed by atoms with van der Waals surface area (Å²) in [6, 6.07) is 69.1. The zero-order chi connectivity index (χ0) is 48.0. The number of fused-ring (bicyclic) bond motifs is 7. The van der Waals surface area contributed by atoms with Crippen molar-refractivity contribution < 1.29 is 0 Å². The van der Waals surface area contributed by atoms with Gasteiger partial charge in [0.2, 0.25) is 0 Å². The first-order valence-electron chi connectivity index (χ1n) is 25.8. The van der Waals surface area contributed by atoms with Gasteiger partial charge in [-0.25, -0.2) is 0 Å². The number of hydrogen-bond donors (Lipinski definition) is 0. The average Bonchev–Trinajstić information content (AvgIpc) is 3.43. The topological polar surface area (TPSA) is 6.48 Å². The fraction of sp³-hybridized carbons (Fsp3) is 0.114. The van der Waals surface area contributed by atoms with Gasteiger partial charge in [0.15, 0.2) is 0 Å². The number of benzene rings is 11. The Balaban J connectivity index is 1.13. The van der Waals surface area contributed by atoms with Crippen LogP contribution in [0.3, 0.4) is 0 Å². The van der Waals surface area contributed by atoms with Gasteiger partial charge in [-0.3, -0.25) is 0 Å². The quantitative estimate of drug-likeness (QED) is 0.121. The molecule has 344 valence electrons. The van der Waals surface area contributed by atoms with E-state index in [4.69, 9.17) is 0 Å². The minimum Gasteiger partial charge on any atom is -0.341 e. The van der Waals surface area contributed by atoms with Crippen molar-refractivity contribution in [2.45, 2.75) is 46.5 Å². The summed E-state index contributed by atoms with van der Waals surface area (Å²) in [4.78, 5) is 5.06. The fourth-order valence-corrected chi connectivity index (χ4v) is 13.1. The first-order chi connectivity index (χ1) is 35.6. The van der Waals surface area contributed by atoms with E-state index in [1.807, 2.05) is 0 Å². The molecule has 2 heterocycles. The molecule has 2 heteroatoms. The molecule has 0 bridgehead atoms. The molecule has 3 aliphatic rings. The Morgan fingerprint density at radius 1 is 0.514 bits per heavy atom. The molecular weight excluding hydrogens is 869 g/mol. The smallest absolute Gasteiger partial charge is 0.0497 e. The minimum atomic E-state index is 0.714. The Bertz CT molecular complexity index is 4310. The summed E-state index contributed by atoms with van der Waals surface area (Å²) in [7, 11) is 0. The molecule has 2 aliphatic heterocycles. The van der Waals surface area contributed by atoms with E-state index in [2.05, 4.69) is 243 Å². The molecule has 0 saturated carbocycles. The van der Waals surface area contributed by atoms with Crippen LogP contribution in [-0.4, -0.2) is 6.54 Å². The zero-order valence-electron chi connectivity index (χ0n) is 41.1. The molecule has 0 N–H and O–H groups in total. The number of rotatable bonds is 6. The zero-order valence-corrected chi connectivity index (χ0v) is 41.1. The van der Waals surface area contributed by atoms with Crippen LogP contribution in [0.2, 0.25) is 0 Å². The Morgan fingerprint density at radius 2 is 1.19 bits per heavy atom. The van der Waals surface area contributed by atoms with Crippen LogP contribution in [0.4, 0.5) is 22.7 Å². The molecule has 14 rings (SSSR count). The fourth-order valence-electron chi connectivity index (χ4n) is 13.1. The molecule has 0 amide bonds. The molecule has 0 atom stereocenters. The van der Waals surface area contributed by atoms with Crippen molar-refractivity contribution in [3.8, 4) is 22.3 Å². The van der Waals surface area contributed by atoms with Gasteiger partial charge in [0, 0.05) is 47.8 Å². The van der Waals surface area contributed by atoms with Gasteiger partial charge >= 0.3 is 0 Å². The van der Waals surface area contributed by atoms with Crippen molar-refractivity contribution in [1.82, 2.24) is 0 Å². The average molecular weight is 923 g/mol. The summed E-state index contributed by atoms with van der Waals surface area (Å²) in [6.45, 7) is 7.41. The second kappa shape index (κ2) is 16.9. The lowest BCUT2D eigenvalue weighted by Crippen LogP contribution is -2.33. The van der Waals surface area contributed by atoms with Crippen LogP contribution in [0.5, 0.6) is 0 Å². The molecule has 0 saturated heterocycles. The Labute approximate surface area is 421 Å². The second-order valence-electron chi connectivity index (χ2n) is 20.0. The van der Waals surface area contributed by atoms with E-state index < -0.39 is 0 Å². The monoisotopic (exact) mass is 922 g/mol. The van der Waals surface area contributed by atoms with Crippen molar-refractivity contribution in [3.05, 3.63) is 243 Å². The summed E-state index contributed by atoms with van der Waals surface area (Å²) in [5.74, 6) is 0. The maximum Gasteiger partial charge on any atom is 0.0497 e. The Morgan fingerprint density at radius 3 is 1.97 bits per heavy atom. The van der Waals surface area contributed by atoms with Crippen molar-refractivity contribution in [3.63, 3.8) is 0 Å². The van der Waals surface area contributed by atoms with E-state index in [0.717, 1.165) is 31.4 Å². The largest absolute Gasteiger partial charge is 0.341 e. The van der Waals surface area contributed by atoms with Gasteiger partial charge in [-0.15, -0.1) is 0 Å². The molecule has 1 aliphatic carbocycles. The van der Waals surface area contributed by atoms with Gasteiger partial charge in [0.05, 0.1) is 0 Å². The van der Waals surface area contributed by atoms with E-state index in [1.165, 1.54) is 142 Å². The lowest BCUT2D eigenvalue weighted by Gasteiger charge is -2.34. The molecule has 72 heavy (non-hydrogen) atoms. The van der Waals surface area contributed by atoms with Crippen molar-refractivity contribution in [2.75, 3.05) is 16.3 Å². The Hall–Kier alpha value is -8.46. The molecule has 0 fully saturated rings. The highest BCUT2D eigenvalue weighted by Crippen LogP contribution is 2.47. The van der Waals surface area contributed by atoms with Crippen LogP contribution in [0.15, 0.2) is 205 Å². The molecule has 0 unspecified atom stereocenters. The third kappa shape index (κ3) is 6.48. The SMILES string of the molecule is C/C=C\C1=C(C)N(C/C=c2/c(-c3ccc4c5c6c(cccc6c6cccc3c46)=CCC5)c3ccc(N4c5ccccc5Cc5ccccc54)cc3c(-c3ccc4ccccc4c3)/c2=C/C)c2ccccc2C1. The van der Waals surface area contributed by atoms with Gasteiger partial charge < -0.3 is 9.80 Å². The molecule has 0 aromatic heterocycles. The van der Waals surface area contributed by atoms with Gasteiger partial charge in [0.25, 0.3) is 0 Å². The third-order valence-electron chi connectivity index (χ3n) is 16.3. The van der Waals surface area contributed by atoms with E-state index in [9.17, 15) is 0 Å². The van der Waals surface area contributed by atoms with E-state index >= 15 is 0 Å². The normalized spacial score (nSPS) is 14.8. The number of anilines is 4. The maximum atomic E-state index is 2.56. The standard InChI is InChI=1S/C70H54N2/c1-4-17-47-40-49-20-8-11-29-64(49)71(44(47)3)39-38-62-54(5-2)68(52-33-32-45-18-6-7-19-48(45)41-52)63-43-53(72-65-30-12-9-21-50(65)42-51-22-10-13-31-66(51)72)34-35-61(63)70(62)60-37-36-59-56-26-15-24-46-23-14-25-55(67(46)56)57-27-16-28-58(60)69(57)59/h4-14,16-25,27-38,41,43H,15,26,39-40,42H2,1-3H3/b17-4-,54-5+,62-38+. The Kier molecular flexibility index (Phi) is 9.93. The van der Waals surface area contributed by atoms with Crippen molar-refractivity contribution >= 4 is 94.8 Å². The van der Waals surface area contributed by atoms with Crippen LogP contribution in [0, 0.1) is 0 Å². The van der Waals surface area contributed by atoms with Crippen LogP contribution < -0.4 is 25.5 Å². The molecule has 0 radical (unpaired) electrons. The van der Waals surface area contributed by atoms with Crippen LogP contribution >= 0.6 is 0 Å². The van der Waals surface area contributed by atoms with Gasteiger partial charge in [0.1, 0.15) is 0 Å². The number of allylic oxidation sites excluding steroid dienone is 4. The van der Waals surface area contributed by atoms with E-state index in [-0.39, 0.29) is 0 Å². The third-order valence-corrected chi connectivity index (χ3v) is 16.3. The van der Waals surface area contributed by atoms with Crippen LogP contribution in [0.25, 0.3) is 94.3 Å². The minimum absolute atomic E-state index is 0.714. The number of para-hydroxylation sites is 3. The highest BCUT2D eigenvalue weighted by molar-refractivity contribution is 6.26. The predicted octanol–water partition coefficient (Wildman–Crippen LogP) is 16.1. The summed E-state index contributed by atoms with van der Waals surface area (Å²) in [5, 5.41) is 17.0. The molecule has 2 nitrogen and oxygen atoms in total. The number of aryl methyl sites for hydroxylation is 1. The van der Waals surface area contributed by atoms with E-state index in [1.54, 1.807) is 0 Å². The number of nitrogens with zero attached hydrogens (tertiary/aromatic N) is 2. The summed E-state index contributed by atoms with van der Waals surface area (Å²) in [6.07, 6.45) is 15.8. The molecule has 11 aromatic rings. The van der Waals surface area contributed by atoms with Crippen molar-refractivity contribution in [2.24, 2.45) is 0 Å². The van der Waals surface area contributed by atoms with Gasteiger partial charge in [-0.2, -0.15) is 0 Å². The van der Waals surface area contributed by atoms with Gasteiger partial charge in [-0.05, 0) is 190 Å². The lowest BCUT2D eigenvalue weighted by molar-refractivity contribution is 0.939. The first kappa shape index (κ1) is 42.4. The second-order valence-corrected chi connectivity index (χ2v) is 20.0. The van der Waals surface area contributed by atoms with Crippen LogP contribution in [-0.2, 0) is 19.3 Å². The van der Waals surface area contributed by atoms with Gasteiger partial charge in [-0.1, -0.05) is 176 Å². The van der Waals surface area contributed by atoms with E-state index in [0.29, 0.717) is 6.54 Å². The maximum absolute atomic E-state index is 2.56. The van der Waals surface area contributed by atoms with Crippen molar-refractivity contribution in [1.29, 1.82) is 0 Å². The highest BCUT2D eigenvalue weighted by Gasteiger charge is 2.27. The molecule has 11 aromatic carbocycles.